The second kappa shape index (κ2) is 6.69. The van der Waals surface area contributed by atoms with Crippen LogP contribution in [0.25, 0.3) is 6.08 Å². The third-order valence-electron chi connectivity index (χ3n) is 2.79. The molecule has 21 heavy (non-hydrogen) atoms. The van der Waals surface area contributed by atoms with Crippen LogP contribution in [0.3, 0.4) is 0 Å². The maximum atomic E-state index is 12.3. The van der Waals surface area contributed by atoms with Crippen LogP contribution in [0.1, 0.15) is 5.56 Å². The molecular formula is C17H13NO2S. The van der Waals surface area contributed by atoms with Crippen molar-refractivity contribution >= 4 is 15.9 Å². The van der Waals surface area contributed by atoms with Crippen LogP contribution in [-0.2, 0) is 9.84 Å². The highest BCUT2D eigenvalue weighted by Crippen LogP contribution is 2.18. The van der Waals surface area contributed by atoms with Gasteiger partial charge in [-0.25, -0.2) is 8.42 Å². The molecule has 0 saturated heterocycles. The van der Waals surface area contributed by atoms with Gasteiger partial charge < -0.3 is 0 Å². The van der Waals surface area contributed by atoms with Crippen molar-refractivity contribution in [2.45, 2.75) is 4.90 Å². The lowest BCUT2D eigenvalue weighted by Crippen LogP contribution is -2.02. The summed E-state index contributed by atoms with van der Waals surface area (Å²) in [5.74, 6) is 0. The Kier molecular flexibility index (Phi) is 4.70. The molecule has 0 amide bonds. The predicted molar refractivity (Wildman–Crippen MR) is 82.8 cm³/mol. The van der Waals surface area contributed by atoms with Crippen LogP contribution >= 0.6 is 0 Å². The minimum absolute atomic E-state index is 0.117. The molecule has 4 heteroatoms. The second-order valence-corrected chi connectivity index (χ2v) is 6.15. The lowest BCUT2D eigenvalue weighted by Gasteiger charge is -2.01. The number of hydrogen-bond acceptors (Lipinski definition) is 3. The van der Waals surface area contributed by atoms with Crippen molar-refractivity contribution in [1.82, 2.24) is 0 Å². The second-order valence-electron chi connectivity index (χ2n) is 4.23. The lowest BCUT2D eigenvalue weighted by molar-refractivity contribution is 0.603. The van der Waals surface area contributed by atoms with Crippen molar-refractivity contribution in [2.24, 2.45) is 0 Å². The van der Waals surface area contributed by atoms with Crippen molar-refractivity contribution in [1.29, 1.82) is 5.26 Å². The first-order valence-electron chi connectivity index (χ1n) is 6.28. The van der Waals surface area contributed by atoms with E-state index < -0.39 is 9.84 Å². The Morgan fingerprint density at radius 3 is 2.10 bits per heavy atom. The molecule has 0 radical (unpaired) electrons. The molecule has 0 aliphatic carbocycles. The summed E-state index contributed by atoms with van der Waals surface area (Å²) in [6.07, 6.45) is 4.63. The summed E-state index contributed by atoms with van der Waals surface area (Å²) in [6.45, 7) is 0. The highest BCUT2D eigenvalue weighted by atomic mass is 32.2. The molecule has 2 rings (SSSR count). The number of sulfone groups is 1. The van der Waals surface area contributed by atoms with Gasteiger partial charge in [-0.3, -0.25) is 0 Å². The van der Waals surface area contributed by atoms with Gasteiger partial charge in [-0.15, -0.1) is 0 Å². The molecule has 104 valence electrons. The van der Waals surface area contributed by atoms with E-state index in [1.165, 1.54) is 18.2 Å². The zero-order chi connectivity index (χ0) is 15.1. The van der Waals surface area contributed by atoms with Crippen molar-refractivity contribution < 1.29 is 8.42 Å². The fourth-order valence-electron chi connectivity index (χ4n) is 1.72. The van der Waals surface area contributed by atoms with Crippen LogP contribution in [0, 0.1) is 11.3 Å². The third-order valence-corrected chi connectivity index (χ3v) is 4.49. The number of nitrogens with zero attached hydrogens (tertiary/aromatic N) is 1. The molecule has 0 saturated carbocycles. The molecule has 0 heterocycles. The van der Waals surface area contributed by atoms with E-state index >= 15 is 0 Å². The SMILES string of the molecule is N#C/C(=C\C=C\c1ccccc1)S(=O)(=O)c1ccccc1. The zero-order valence-electron chi connectivity index (χ0n) is 11.2. The smallest absolute Gasteiger partial charge is 0.216 e. The van der Waals surface area contributed by atoms with Crippen LogP contribution in [0.15, 0.2) is 82.6 Å². The Labute approximate surface area is 124 Å². The average molecular weight is 295 g/mol. The van der Waals surface area contributed by atoms with E-state index in [9.17, 15) is 8.42 Å². The van der Waals surface area contributed by atoms with Gasteiger partial charge in [0.1, 0.15) is 11.0 Å². The summed E-state index contributed by atoms with van der Waals surface area (Å²) in [6, 6.07) is 19.1. The summed E-state index contributed by atoms with van der Waals surface area (Å²) >= 11 is 0. The van der Waals surface area contributed by atoms with Crippen molar-refractivity contribution in [3.05, 3.63) is 83.3 Å². The molecule has 0 N–H and O–H groups in total. The Morgan fingerprint density at radius 2 is 1.52 bits per heavy atom. The maximum Gasteiger partial charge on any atom is 0.216 e. The molecule has 2 aromatic rings. The first-order chi connectivity index (χ1) is 10.1. The van der Waals surface area contributed by atoms with Crippen LogP contribution in [-0.4, -0.2) is 8.42 Å². The summed E-state index contributed by atoms with van der Waals surface area (Å²) in [5.41, 5.74) is 0.933. The molecule has 0 bridgehead atoms. The van der Waals surface area contributed by atoms with Gasteiger partial charge in [0.05, 0.1) is 4.90 Å². The van der Waals surface area contributed by atoms with Gasteiger partial charge >= 0.3 is 0 Å². The molecule has 2 aromatic carbocycles. The van der Waals surface area contributed by atoms with Gasteiger partial charge in [-0.2, -0.15) is 5.26 Å². The highest BCUT2D eigenvalue weighted by molar-refractivity contribution is 7.95. The molecular weight excluding hydrogens is 282 g/mol. The number of hydrogen-bond donors (Lipinski definition) is 0. The van der Waals surface area contributed by atoms with Gasteiger partial charge in [-0.1, -0.05) is 60.7 Å². The Balaban J connectivity index is 2.30. The normalized spacial score (nSPS) is 12.2. The number of rotatable bonds is 4. The van der Waals surface area contributed by atoms with Crippen LogP contribution in [0.4, 0.5) is 0 Å². The topological polar surface area (TPSA) is 57.9 Å². The minimum Gasteiger partial charge on any atom is -0.218 e. The van der Waals surface area contributed by atoms with Crippen LogP contribution in [0.5, 0.6) is 0 Å². The quantitative estimate of drug-likeness (QED) is 0.640. The number of allylic oxidation sites excluding steroid dienone is 3. The van der Waals surface area contributed by atoms with E-state index in [0.29, 0.717) is 0 Å². The van der Waals surface area contributed by atoms with Crippen LogP contribution in [0.2, 0.25) is 0 Å². The lowest BCUT2D eigenvalue weighted by atomic mass is 10.2. The van der Waals surface area contributed by atoms with Crippen molar-refractivity contribution in [2.75, 3.05) is 0 Å². The van der Waals surface area contributed by atoms with Gasteiger partial charge in [-0.05, 0) is 23.8 Å². The Hall–Kier alpha value is -2.64. The molecule has 0 fully saturated rings. The standard InChI is InChI=1S/C17H13NO2S/c18-14-17(13-7-10-15-8-3-1-4-9-15)21(19,20)16-11-5-2-6-12-16/h1-13H/b10-7+,17-13+. The molecule has 0 aromatic heterocycles. The fourth-order valence-corrected chi connectivity index (χ4v) is 2.87. The summed E-state index contributed by atoms with van der Waals surface area (Å²) in [5, 5.41) is 9.09. The van der Waals surface area contributed by atoms with E-state index in [4.69, 9.17) is 5.26 Å². The van der Waals surface area contributed by atoms with Gasteiger partial charge in [0.2, 0.25) is 9.84 Å². The number of nitriles is 1. The average Bonchev–Trinajstić information content (AvgIpc) is 2.53. The molecule has 0 atom stereocenters. The summed E-state index contributed by atoms with van der Waals surface area (Å²) in [4.78, 5) is -0.160. The zero-order valence-corrected chi connectivity index (χ0v) is 12.0. The van der Waals surface area contributed by atoms with Gasteiger partial charge in [0, 0.05) is 0 Å². The summed E-state index contributed by atoms with van der Waals surface area (Å²) < 4.78 is 24.6. The van der Waals surface area contributed by atoms with Gasteiger partial charge in [0.15, 0.2) is 0 Å². The largest absolute Gasteiger partial charge is 0.218 e. The Bertz CT molecular complexity index is 799. The first kappa shape index (κ1) is 14.8. The molecule has 3 nitrogen and oxygen atoms in total. The minimum atomic E-state index is -3.76. The highest BCUT2D eigenvalue weighted by Gasteiger charge is 2.19. The van der Waals surface area contributed by atoms with E-state index in [-0.39, 0.29) is 9.80 Å². The monoisotopic (exact) mass is 295 g/mol. The molecule has 0 unspecified atom stereocenters. The summed E-state index contributed by atoms with van der Waals surface area (Å²) in [7, 11) is -3.76. The van der Waals surface area contributed by atoms with E-state index in [1.807, 2.05) is 30.3 Å². The third kappa shape index (κ3) is 3.68. The maximum absolute atomic E-state index is 12.3. The first-order valence-corrected chi connectivity index (χ1v) is 7.76. The fraction of sp³-hybridized carbons (Fsp3) is 0. The predicted octanol–water partition coefficient (Wildman–Crippen LogP) is 3.58. The Morgan fingerprint density at radius 1 is 0.952 bits per heavy atom. The van der Waals surface area contributed by atoms with Crippen molar-refractivity contribution in [3.63, 3.8) is 0 Å². The van der Waals surface area contributed by atoms with Gasteiger partial charge in [0.25, 0.3) is 0 Å². The van der Waals surface area contributed by atoms with Crippen LogP contribution < -0.4 is 0 Å². The van der Waals surface area contributed by atoms with E-state index in [1.54, 1.807) is 36.4 Å². The molecule has 0 aliphatic heterocycles. The number of benzene rings is 2. The van der Waals surface area contributed by atoms with E-state index in [0.717, 1.165) is 5.56 Å². The molecule has 0 aliphatic rings. The molecule has 0 spiro atoms. The van der Waals surface area contributed by atoms with E-state index in [2.05, 4.69) is 0 Å². The van der Waals surface area contributed by atoms with Crippen molar-refractivity contribution in [3.8, 4) is 6.07 Å².